The maximum absolute atomic E-state index is 13.5. The quantitative estimate of drug-likeness (QED) is 0.438. The lowest BCUT2D eigenvalue weighted by Crippen LogP contribution is -2.21. The van der Waals surface area contributed by atoms with Gasteiger partial charge in [-0.2, -0.15) is 13.2 Å². The van der Waals surface area contributed by atoms with Crippen LogP contribution in [0, 0.1) is 11.7 Å². The number of alkyl halides is 3. The Morgan fingerprint density at radius 1 is 1.13 bits per heavy atom. The molecule has 3 heterocycles. The molecule has 0 radical (unpaired) electrons. The van der Waals surface area contributed by atoms with Gasteiger partial charge < -0.3 is 10.3 Å². The van der Waals surface area contributed by atoms with Crippen molar-refractivity contribution < 1.29 is 17.6 Å². The third-order valence-corrected chi connectivity index (χ3v) is 6.10. The third-order valence-electron chi connectivity index (χ3n) is 6.10. The summed E-state index contributed by atoms with van der Waals surface area (Å²) >= 11 is 0. The highest BCUT2D eigenvalue weighted by Crippen LogP contribution is 2.38. The number of nitrogens with zero attached hydrogens (tertiary/aromatic N) is 4. The zero-order chi connectivity index (χ0) is 21.6. The molecule has 5 rings (SSSR count). The molecule has 6 nitrogen and oxygen atoms in total. The van der Waals surface area contributed by atoms with Crippen LogP contribution in [0.2, 0.25) is 0 Å². The number of rotatable bonds is 4. The van der Waals surface area contributed by atoms with Crippen LogP contribution in [-0.4, -0.2) is 31.3 Å². The molecule has 1 saturated carbocycles. The van der Waals surface area contributed by atoms with Crippen LogP contribution in [-0.2, 0) is 6.18 Å². The second-order valence-corrected chi connectivity index (χ2v) is 8.04. The van der Waals surface area contributed by atoms with Crippen LogP contribution < -0.4 is 5.32 Å². The molecule has 1 fully saturated rings. The normalized spacial score (nSPS) is 19.9. The lowest BCUT2D eigenvalue weighted by atomic mass is 9.80. The standard InChI is InChI=1S/C21H20F4N6/c22-17-6-5-14(9-16(17)21(23,24)25)27-10-12-1-3-13(4-2-12)18-19-15-7-8-26-20(15)28-11-31(19)30-29-18/h5-9,11-13,26-27H,1-4,10H2. The van der Waals surface area contributed by atoms with Gasteiger partial charge in [0, 0.05) is 29.7 Å². The Balaban J connectivity index is 1.25. The van der Waals surface area contributed by atoms with Crippen LogP contribution in [0.5, 0.6) is 0 Å². The summed E-state index contributed by atoms with van der Waals surface area (Å²) in [5.41, 5.74) is 1.77. The van der Waals surface area contributed by atoms with Crippen molar-refractivity contribution in [1.82, 2.24) is 24.8 Å². The molecule has 31 heavy (non-hydrogen) atoms. The van der Waals surface area contributed by atoms with Crippen molar-refractivity contribution in [1.29, 1.82) is 0 Å². The molecule has 10 heteroatoms. The van der Waals surface area contributed by atoms with Crippen LogP contribution in [0.15, 0.2) is 36.8 Å². The predicted molar refractivity (Wildman–Crippen MR) is 107 cm³/mol. The summed E-state index contributed by atoms with van der Waals surface area (Å²) in [6.45, 7) is 0.545. The van der Waals surface area contributed by atoms with Gasteiger partial charge in [0.05, 0.1) is 11.3 Å². The number of aromatic nitrogens is 5. The van der Waals surface area contributed by atoms with Crippen molar-refractivity contribution in [2.75, 3.05) is 11.9 Å². The number of fused-ring (bicyclic) bond motifs is 3. The zero-order valence-electron chi connectivity index (χ0n) is 16.5. The van der Waals surface area contributed by atoms with E-state index in [2.05, 4.69) is 25.6 Å². The van der Waals surface area contributed by atoms with Crippen LogP contribution in [0.4, 0.5) is 23.2 Å². The van der Waals surface area contributed by atoms with Gasteiger partial charge in [-0.1, -0.05) is 5.21 Å². The summed E-state index contributed by atoms with van der Waals surface area (Å²) in [5.74, 6) is -0.658. The van der Waals surface area contributed by atoms with E-state index in [0.29, 0.717) is 12.5 Å². The number of benzene rings is 1. The van der Waals surface area contributed by atoms with Crippen LogP contribution >= 0.6 is 0 Å². The Hall–Kier alpha value is -3.17. The Kier molecular flexibility index (Phi) is 4.79. The van der Waals surface area contributed by atoms with Gasteiger partial charge in [-0.15, -0.1) is 5.10 Å². The number of hydrogen-bond donors (Lipinski definition) is 2. The minimum absolute atomic E-state index is 0.275. The Morgan fingerprint density at radius 2 is 1.94 bits per heavy atom. The lowest BCUT2D eigenvalue weighted by Gasteiger charge is -2.28. The maximum atomic E-state index is 13.5. The zero-order valence-corrected chi connectivity index (χ0v) is 16.5. The number of aromatic amines is 1. The van der Waals surface area contributed by atoms with Gasteiger partial charge in [0.2, 0.25) is 0 Å². The fraction of sp³-hybridized carbons (Fsp3) is 0.381. The molecule has 1 aromatic carbocycles. The van der Waals surface area contributed by atoms with Crippen LogP contribution in [0.1, 0.15) is 42.9 Å². The van der Waals surface area contributed by atoms with E-state index in [1.807, 2.05) is 12.3 Å². The number of hydrogen-bond acceptors (Lipinski definition) is 4. The molecule has 4 aromatic rings. The molecule has 3 aromatic heterocycles. The first-order chi connectivity index (χ1) is 14.9. The van der Waals surface area contributed by atoms with Gasteiger partial charge in [-0.25, -0.2) is 13.9 Å². The van der Waals surface area contributed by atoms with Gasteiger partial charge in [0.25, 0.3) is 0 Å². The minimum Gasteiger partial charge on any atom is -0.385 e. The van der Waals surface area contributed by atoms with E-state index < -0.39 is 17.6 Å². The van der Waals surface area contributed by atoms with E-state index in [1.165, 1.54) is 6.07 Å². The van der Waals surface area contributed by atoms with Crippen molar-refractivity contribution in [2.24, 2.45) is 5.92 Å². The second kappa shape index (κ2) is 7.51. The molecule has 0 saturated heterocycles. The predicted octanol–water partition coefficient (Wildman–Crippen LogP) is 5.15. The van der Waals surface area contributed by atoms with E-state index in [0.717, 1.165) is 60.1 Å². The van der Waals surface area contributed by atoms with Crippen LogP contribution in [0.3, 0.4) is 0 Å². The summed E-state index contributed by atoms with van der Waals surface area (Å²) in [6, 6.07) is 5.00. The monoisotopic (exact) mass is 432 g/mol. The van der Waals surface area contributed by atoms with E-state index in [4.69, 9.17) is 0 Å². The summed E-state index contributed by atoms with van der Waals surface area (Å²) in [6.07, 6.45) is 2.48. The van der Waals surface area contributed by atoms with Gasteiger partial charge in [0.1, 0.15) is 23.3 Å². The summed E-state index contributed by atoms with van der Waals surface area (Å²) < 4.78 is 53.9. The lowest BCUT2D eigenvalue weighted by molar-refractivity contribution is -0.139. The molecule has 2 N–H and O–H groups in total. The van der Waals surface area contributed by atoms with E-state index in [9.17, 15) is 17.6 Å². The fourth-order valence-corrected chi connectivity index (χ4v) is 4.45. The first-order valence-corrected chi connectivity index (χ1v) is 10.2. The van der Waals surface area contributed by atoms with Crippen molar-refractivity contribution in [3.05, 3.63) is 53.9 Å². The summed E-state index contributed by atoms with van der Waals surface area (Å²) in [7, 11) is 0. The highest BCUT2D eigenvalue weighted by molar-refractivity contribution is 5.92. The average molecular weight is 432 g/mol. The fourth-order valence-electron chi connectivity index (χ4n) is 4.45. The Morgan fingerprint density at radius 3 is 2.71 bits per heavy atom. The van der Waals surface area contributed by atoms with E-state index in [-0.39, 0.29) is 11.6 Å². The highest BCUT2D eigenvalue weighted by atomic mass is 19.4. The number of anilines is 1. The molecule has 0 amide bonds. The molecule has 0 bridgehead atoms. The molecule has 0 unspecified atom stereocenters. The van der Waals surface area contributed by atoms with E-state index in [1.54, 1.807) is 10.8 Å². The van der Waals surface area contributed by atoms with Gasteiger partial charge in [-0.05, 0) is 55.9 Å². The van der Waals surface area contributed by atoms with Gasteiger partial charge in [-0.3, -0.25) is 0 Å². The first-order valence-electron chi connectivity index (χ1n) is 10.2. The number of H-pyrrole nitrogens is 1. The van der Waals surface area contributed by atoms with Crippen molar-refractivity contribution in [3.8, 4) is 0 Å². The minimum atomic E-state index is -4.71. The molecule has 0 spiro atoms. The average Bonchev–Trinajstić information content (AvgIpc) is 3.39. The Bertz CT molecular complexity index is 1220. The summed E-state index contributed by atoms with van der Waals surface area (Å²) in [4.78, 5) is 7.43. The van der Waals surface area contributed by atoms with Crippen molar-refractivity contribution in [2.45, 2.75) is 37.8 Å². The molecule has 162 valence electrons. The Labute approximate surface area is 174 Å². The molecular formula is C21H20F4N6. The summed E-state index contributed by atoms with van der Waals surface area (Å²) in [5, 5.41) is 12.7. The molecule has 1 aliphatic carbocycles. The van der Waals surface area contributed by atoms with Crippen molar-refractivity contribution in [3.63, 3.8) is 0 Å². The first kappa shape index (κ1) is 19.8. The molecule has 0 atom stereocenters. The molecule has 0 aliphatic heterocycles. The third kappa shape index (κ3) is 3.70. The SMILES string of the molecule is Fc1ccc(NCC2CCC(c3nnn4cnc5[nH]ccc5c34)CC2)cc1C(F)(F)F. The molecule has 1 aliphatic rings. The van der Waals surface area contributed by atoms with Crippen molar-refractivity contribution >= 4 is 22.2 Å². The maximum Gasteiger partial charge on any atom is 0.419 e. The molecular weight excluding hydrogens is 412 g/mol. The number of halogens is 4. The van der Waals surface area contributed by atoms with Gasteiger partial charge in [0.15, 0.2) is 0 Å². The smallest absolute Gasteiger partial charge is 0.385 e. The topological polar surface area (TPSA) is 70.9 Å². The largest absolute Gasteiger partial charge is 0.419 e. The van der Waals surface area contributed by atoms with Gasteiger partial charge >= 0.3 is 6.18 Å². The van der Waals surface area contributed by atoms with E-state index >= 15 is 0 Å². The number of nitrogens with one attached hydrogen (secondary N) is 2. The second-order valence-electron chi connectivity index (χ2n) is 8.04. The van der Waals surface area contributed by atoms with Crippen LogP contribution in [0.25, 0.3) is 16.6 Å². The highest BCUT2D eigenvalue weighted by Gasteiger charge is 2.34.